The van der Waals surface area contributed by atoms with Gasteiger partial charge in [0, 0.05) is 18.5 Å². The molecule has 6 nitrogen and oxygen atoms in total. The first kappa shape index (κ1) is 17.1. The number of fused-ring (bicyclic) bond motifs is 1. The van der Waals surface area contributed by atoms with Gasteiger partial charge in [0.15, 0.2) is 0 Å². The summed E-state index contributed by atoms with van der Waals surface area (Å²) in [5, 5.41) is 6.24. The predicted octanol–water partition coefficient (Wildman–Crippen LogP) is 0.920. The number of carbonyl (C=O) groups is 1. The number of halogens is 2. The zero-order chi connectivity index (χ0) is 17.1. The molecule has 2 fully saturated rings. The van der Waals surface area contributed by atoms with Gasteiger partial charge in [-0.3, -0.25) is 10.2 Å². The largest absolute Gasteiger partial charge is 0.435 e. The molecule has 1 amide bonds. The summed E-state index contributed by atoms with van der Waals surface area (Å²) in [6.45, 7) is 0.680. The van der Waals surface area contributed by atoms with Gasteiger partial charge in [0.1, 0.15) is 11.8 Å². The van der Waals surface area contributed by atoms with Crippen LogP contribution in [0, 0.1) is 5.92 Å². The molecule has 0 aliphatic carbocycles. The summed E-state index contributed by atoms with van der Waals surface area (Å²) in [6.07, 6.45) is 0.976. The summed E-state index contributed by atoms with van der Waals surface area (Å²) in [5.41, 5.74) is 6.96. The van der Waals surface area contributed by atoms with Gasteiger partial charge in [0.2, 0.25) is 5.91 Å². The van der Waals surface area contributed by atoms with Gasteiger partial charge in [-0.15, -0.1) is 0 Å². The fourth-order valence-electron chi connectivity index (χ4n) is 3.32. The van der Waals surface area contributed by atoms with Gasteiger partial charge in [-0.1, -0.05) is 12.1 Å². The van der Waals surface area contributed by atoms with Crippen molar-refractivity contribution in [1.29, 1.82) is 0 Å². The number of benzene rings is 1. The zero-order valence-corrected chi connectivity index (χ0v) is 13.4. The highest BCUT2D eigenvalue weighted by atomic mass is 19.3. The Morgan fingerprint density at radius 3 is 3.00 bits per heavy atom. The Bertz CT molecular complexity index is 587. The second-order valence-corrected chi connectivity index (χ2v) is 6.21. The summed E-state index contributed by atoms with van der Waals surface area (Å²) in [6, 6.07) is 6.05. The second kappa shape index (κ2) is 7.42. The lowest BCUT2D eigenvalue weighted by Crippen LogP contribution is -2.49. The van der Waals surface area contributed by atoms with E-state index in [1.165, 1.54) is 12.1 Å². The summed E-state index contributed by atoms with van der Waals surface area (Å²) >= 11 is 0. The summed E-state index contributed by atoms with van der Waals surface area (Å²) in [5.74, 6) is 0.173. The van der Waals surface area contributed by atoms with Gasteiger partial charge in [-0.05, 0) is 37.6 Å². The minimum absolute atomic E-state index is 0.0841. The molecule has 3 rings (SSSR count). The van der Waals surface area contributed by atoms with Crippen LogP contribution in [0.1, 0.15) is 24.9 Å². The van der Waals surface area contributed by atoms with E-state index >= 15 is 0 Å². The Labute approximate surface area is 139 Å². The molecule has 1 aromatic carbocycles. The Morgan fingerprint density at radius 2 is 2.21 bits per heavy atom. The van der Waals surface area contributed by atoms with Crippen molar-refractivity contribution in [3.63, 3.8) is 0 Å². The van der Waals surface area contributed by atoms with Crippen LogP contribution in [0.25, 0.3) is 0 Å². The third-order valence-electron chi connectivity index (χ3n) is 4.61. The molecule has 2 aliphatic rings. The van der Waals surface area contributed by atoms with Crippen LogP contribution < -0.4 is 26.2 Å². The first-order valence-electron chi connectivity index (χ1n) is 8.11. The summed E-state index contributed by atoms with van der Waals surface area (Å²) in [7, 11) is 0. The highest BCUT2D eigenvalue weighted by Gasteiger charge is 2.41. The minimum atomic E-state index is -2.87. The van der Waals surface area contributed by atoms with Crippen molar-refractivity contribution >= 4 is 5.91 Å². The maximum absolute atomic E-state index is 12.6. The number of hydrazine groups is 1. The van der Waals surface area contributed by atoms with Crippen molar-refractivity contribution in [2.75, 3.05) is 13.1 Å². The third kappa shape index (κ3) is 3.82. The minimum Gasteiger partial charge on any atom is -0.435 e. The Kier molecular flexibility index (Phi) is 5.27. The maximum atomic E-state index is 12.6. The molecular weight excluding hydrogens is 318 g/mol. The van der Waals surface area contributed by atoms with Crippen LogP contribution in [0.4, 0.5) is 8.78 Å². The molecule has 1 aromatic rings. The number of amides is 1. The van der Waals surface area contributed by atoms with E-state index in [1.54, 1.807) is 12.1 Å². The number of hydrogen-bond donors (Lipinski definition) is 4. The standard InChI is InChI=1S/C16H22F2N4O2/c1-9(10-3-2-4-11(7-10)24-16(17)18)20-15(23)14-12-8-19-6-5-13(12)21-22-14/h2-4,7,9,12-14,16,19,21-22H,5-6,8H2,1H3,(H,20,23). The van der Waals surface area contributed by atoms with E-state index < -0.39 is 6.61 Å². The van der Waals surface area contributed by atoms with E-state index in [4.69, 9.17) is 0 Å². The monoisotopic (exact) mass is 340 g/mol. The molecule has 2 heterocycles. The number of rotatable bonds is 5. The van der Waals surface area contributed by atoms with Gasteiger partial charge in [-0.25, -0.2) is 5.43 Å². The summed E-state index contributed by atoms with van der Waals surface area (Å²) in [4.78, 5) is 12.6. The van der Waals surface area contributed by atoms with E-state index in [9.17, 15) is 13.6 Å². The van der Waals surface area contributed by atoms with Gasteiger partial charge < -0.3 is 15.4 Å². The topological polar surface area (TPSA) is 74.4 Å². The van der Waals surface area contributed by atoms with Crippen LogP contribution in [0.2, 0.25) is 0 Å². The lowest BCUT2D eigenvalue weighted by atomic mass is 9.89. The molecule has 24 heavy (non-hydrogen) atoms. The van der Waals surface area contributed by atoms with Crippen LogP contribution in [-0.4, -0.2) is 37.7 Å². The summed E-state index contributed by atoms with van der Waals surface area (Å²) < 4.78 is 29.0. The molecule has 0 saturated carbocycles. The van der Waals surface area contributed by atoms with Crippen LogP contribution in [-0.2, 0) is 4.79 Å². The van der Waals surface area contributed by atoms with E-state index in [0.29, 0.717) is 11.6 Å². The van der Waals surface area contributed by atoms with E-state index in [0.717, 1.165) is 19.5 Å². The average Bonchev–Trinajstić information content (AvgIpc) is 2.98. The molecule has 0 aromatic heterocycles. The highest BCUT2D eigenvalue weighted by molar-refractivity contribution is 5.83. The van der Waals surface area contributed by atoms with Gasteiger partial charge in [0.05, 0.1) is 6.04 Å². The number of ether oxygens (including phenoxy) is 1. The molecule has 2 saturated heterocycles. The fourth-order valence-corrected chi connectivity index (χ4v) is 3.32. The van der Waals surface area contributed by atoms with Crippen LogP contribution in [0.3, 0.4) is 0 Å². The fraction of sp³-hybridized carbons (Fsp3) is 0.562. The zero-order valence-electron chi connectivity index (χ0n) is 13.4. The van der Waals surface area contributed by atoms with Gasteiger partial charge in [-0.2, -0.15) is 8.78 Å². The molecule has 4 atom stereocenters. The average molecular weight is 340 g/mol. The SMILES string of the molecule is CC(NC(=O)C1NNC2CCNCC21)c1cccc(OC(F)F)c1. The molecule has 0 radical (unpaired) electrons. The molecular formula is C16H22F2N4O2. The molecule has 4 N–H and O–H groups in total. The maximum Gasteiger partial charge on any atom is 0.387 e. The van der Waals surface area contributed by atoms with E-state index in [2.05, 4.69) is 26.2 Å². The van der Waals surface area contributed by atoms with Crippen molar-refractivity contribution in [3.8, 4) is 5.75 Å². The van der Waals surface area contributed by atoms with Gasteiger partial charge >= 0.3 is 6.61 Å². The highest BCUT2D eigenvalue weighted by Crippen LogP contribution is 2.23. The van der Waals surface area contributed by atoms with Gasteiger partial charge in [0.25, 0.3) is 0 Å². The smallest absolute Gasteiger partial charge is 0.387 e. The molecule has 8 heteroatoms. The Balaban J connectivity index is 1.62. The molecule has 0 spiro atoms. The van der Waals surface area contributed by atoms with E-state index in [1.807, 2.05) is 6.92 Å². The van der Waals surface area contributed by atoms with Crippen molar-refractivity contribution in [1.82, 2.24) is 21.5 Å². The second-order valence-electron chi connectivity index (χ2n) is 6.21. The van der Waals surface area contributed by atoms with Crippen molar-refractivity contribution < 1.29 is 18.3 Å². The van der Waals surface area contributed by atoms with E-state index in [-0.39, 0.29) is 29.7 Å². The first-order valence-corrected chi connectivity index (χ1v) is 8.11. The molecule has 0 bridgehead atoms. The number of alkyl halides is 2. The molecule has 2 aliphatic heterocycles. The van der Waals surface area contributed by atoms with Crippen LogP contribution in [0.15, 0.2) is 24.3 Å². The number of hydrogen-bond acceptors (Lipinski definition) is 5. The Morgan fingerprint density at radius 1 is 1.38 bits per heavy atom. The number of carbonyl (C=O) groups excluding carboxylic acids is 1. The normalized spacial score (nSPS) is 27.6. The van der Waals surface area contributed by atoms with Crippen molar-refractivity contribution in [2.24, 2.45) is 5.92 Å². The molecule has 132 valence electrons. The predicted molar refractivity (Wildman–Crippen MR) is 84.5 cm³/mol. The van der Waals surface area contributed by atoms with Crippen LogP contribution >= 0.6 is 0 Å². The van der Waals surface area contributed by atoms with Crippen molar-refractivity contribution in [2.45, 2.75) is 38.1 Å². The quantitative estimate of drug-likeness (QED) is 0.641. The first-order chi connectivity index (χ1) is 11.5. The van der Waals surface area contributed by atoms with Crippen LogP contribution in [0.5, 0.6) is 5.75 Å². The van der Waals surface area contributed by atoms with Crippen molar-refractivity contribution in [3.05, 3.63) is 29.8 Å². The third-order valence-corrected chi connectivity index (χ3v) is 4.61. The number of piperidine rings is 1. The number of nitrogens with one attached hydrogen (secondary N) is 4. The lowest BCUT2D eigenvalue weighted by Gasteiger charge is -2.28. The molecule has 4 unspecified atom stereocenters. The Hall–Kier alpha value is -1.77. The lowest BCUT2D eigenvalue weighted by molar-refractivity contribution is -0.124.